The number of morpholine rings is 1. The van der Waals surface area contributed by atoms with Gasteiger partial charge in [-0.2, -0.15) is 0 Å². The molecule has 1 aromatic carbocycles. The minimum Gasteiger partial charge on any atom is -0.394 e. The van der Waals surface area contributed by atoms with E-state index in [2.05, 4.69) is 0 Å². The molecule has 1 aliphatic heterocycles. The monoisotopic (exact) mass is 301 g/mol. The predicted molar refractivity (Wildman–Crippen MR) is 73.1 cm³/mol. The number of halogens is 2. The van der Waals surface area contributed by atoms with Crippen molar-refractivity contribution >= 4 is 17.5 Å². The summed E-state index contributed by atoms with van der Waals surface area (Å²) in [5.74, 6) is -0.529. The summed E-state index contributed by atoms with van der Waals surface area (Å²) in [5.41, 5.74) is 0.595. The van der Waals surface area contributed by atoms with Gasteiger partial charge < -0.3 is 14.7 Å². The second-order valence-electron chi connectivity index (χ2n) is 4.95. The molecule has 1 amide bonds. The van der Waals surface area contributed by atoms with Crippen molar-refractivity contribution in [3.63, 3.8) is 0 Å². The van der Waals surface area contributed by atoms with Crippen LogP contribution in [0.2, 0.25) is 5.02 Å². The minimum absolute atomic E-state index is 0.0514. The van der Waals surface area contributed by atoms with Gasteiger partial charge in [0.15, 0.2) is 0 Å². The highest BCUT2D eigenvalue weighted by Gasteiger charge is 2.29. The number of amides is 1. The largest absolute Gasteiger partial charge is 0.394 e. The van der Waals surface area contributed by atoms with Crippen molar-refractivity contribution in [3.8, 4) is 0 Å². The van der Waals surface area contributed by atoms with Crippen molar-refractivity contribution in [1.82, 2.24) is 4.90 Å². The van der Waals surface area contributed by atoms with E-state index in [1.54, 1.807) is 4.90 Å². The molecule has 1 fully saturated rings. The number of ether oxygens (including phenoxy) is 1. The van der Waals surface area contributed by atoms with Crippen LogP contribution < -0.4 is 0 Å². The summed E-state index contributed by atoms with van der Waals surface area (Å²) in [5, 5.41) is 9.36. The first-order valence-corrected chi connectivity index (χ1v) is 6.85. The van der Waals surface area contributed by atoms with Gasteiger partial charge >= 0.3 is 0 Å². The van der Waals surface area contributed by atoms with E-state index in [1.165, 1.54) is 18.2 Å². The summed E-state index contributed by atoms with van der Waals surface area (Å²) >= 11 is 5.93. The van der Waals surface area contributed by atoms with Gasteiger partial charge in [0.2, 0.25) is 5.91 Å². The van der Waals surface area contributed by atoms with E-state index in [4.69, 9.17) is 21.4 Å². The Balaban J connectivity index is 2.06. The number of aliphatic hydroxyl groups is 1. The van der Waals surface area contributed by atoms with Crippen LogP contribution in [0.4, 0.5) is 4.39 Å². The Morgan fingerprint density at radius 1 is 1.60 bits per heavy atom. The zero-order chi connectivity index (χ0) is 14.7. The Hall–Kier alpha value is -1.17. The standard InChI is InChI=1S/C14H17ClFNO3/c1-9-8-20-12(7-18)6-17(9)14(19)4-10-2-3-11(16)5-13(10)15/h2-3,5,9,12,18H,4,6-8H2,1H3/t9-,12+/m1/s1. The average molecular weight is 302 g/mol. The molecule has 20 heavy (non-hydrogen) atoms. The lowest BCUT2D eigenvalue weighted by molar-refractivity contribution is -0.145. The molecule has 1 aromatic rings. The fourth-order valence-electron chi connectivity index (χ4n) is 2.20. The maximum atomic E-state index is 13.0. The third-order valence-corrected chi connectivity index (χ3v) is 3.74. The van der Waals surface area contributed by atoms with Crippen LogP contribution in [-0.2, 0) is 16.0 Å². The van der Waals surface area contributed by atoms with Gasteiger partial charge in [0.1, 0.15) is 5.82 Å². The molecular weight excluding hydrogens is 285 g/mol. The van der Waals surface area contributed by atoms with Gasteiger partial charge in [-0.1, -0.05) is 17.7 Å². The molecule has 0 aromatic heterocycles. The van der Waals surface area contributed by atoms with E-state index in [0.717, 1.165) is 0 Å². The molecule has 0 saturated carbocycles. The van der Waals surface area contributed by atoms with Crippen LogP contribution >= 0.6 is 11.6 Å². The van der Waals surface area contributed by atoms with Gasteiger partial charge in [0, 0.05) is 11.6 Å². The third-order valence-electron chi connectivity index (χ3n) is 3.39. The van der Waals surface area contributed by atoms with Crippen LogP contribution in [0.5, 0.6) is 0 Å². The van der Waals surface area contributed by atoms with Crippen LogP contribution in [0.15, 0.2) is 18.2 Å². The van der Waals surface area contributed by atoms with Crippen LogP contribution in [0.25, 0.3) is 0 Å². The Kier molecular flexibility index (Phi) is 4.96. The Labute approximate surface area is 122 Å². The molecule has 0 radical (unpaired) electrons. The molecule has 1 N–H and O–H groups in total. The molecule has 2 atom stereocenters. The highest BCUT2D eigenvalue weighted by molar-refractivity contribution is 6.31. The third kappa shape index (κ3) is 3.48. The van der Waals surface area contributed by atoms with E-state index in [9.17, 15) is 9.18 Å². The zero-order valence-corrected chi connectivity index (χ0v) is 11.9. The fraction of sp³-hybridized carbons (Fsp3) is 0.500. The molecule has 1 heterocycles. The lowest BCUT2D eigenvalue weighted by Crippen LogP contribution is -2.52. The van der Waals surface area contributed by atoms with Crippen molar-refractivity contribution in [2.24, 2.45) is 0 Å². The van der Waals surface area contributed by atoms with Crippen molar-refractivity contribution < 1.29 is 19.0 Å². The normalized spacial score (nSPS) is 22.9. The van der Waals surface area contributed by atoms with Gasteiger partial charge in [-0.25, -0.2) is 4.39 Å². The summed E-state index contributed by atoms with van der Waals surface area (Å²) in [6.45, 7) is 2.52. The van der Waals surface area contributed by atoms with Gasteiger partial charge in [0.05, 0.1) is 31.8 Å². The lowest BCUT2D eigenvalue weighted by Gasteiger charge is -2.37. The summed E-state index contributed by atoms with van der Waals surface area (Å²) in [7, 11) is 0. The van der Waals surface area contributed by atoms with E-state index in [-0.39, 0.29) is 36.1 Å². The Bertz CT molecular complexity index is 497. The number of benzene rings is 1. The first kappa shape index (κ1) is 15.2. The van der Waals surface area contributed by atoms with Crippen LogP contribution in [-0.4, -0.2) is 47.8 Å². The molecule has 1 saturated heterocycles. The molecule has 0 unspecified atom stereocenters. The number of carbonyl (C=O) groups is 1. The van der Waals surface area contributed by atoms with E-state index >= 15 is 0 Å². The van der Waals surface area contributed by atoms with Gasteiger partial charge in [-0.3, -0.25) is 4.79 Å². The van der Waals surface area contributed by atoms with Crippen LogP contribution in [0.1, 0.15) is 12.5 Å². The summed E-state index contributed by atoms with van der Waals surface area (Å²) in [4.78, 5) is 14.0. The number of hydrogen-bond acceptors (Lipinski definition) is 3. The Morgan fingerprint density at radius 3 is 3.00 bits per heavy atom. The maximum Gasteiger partial charge on any atom is 0.227 e. The second-order valence-corrected chi connectivity index (χ2v) is 5.35. The number of nitrogens with zero attached hydrogens (tertiary/aromatic N) is 1. The zero-order valence-electron chi connectivity index (χ0n) is 11.2. The number of rotatable bonds is 3. The van der Waals surface area contributed by atoms with Crippen molar-refractivity contribution in [3.05, 3.63) is 34.6 Å². The summed E-state index contributed by atoms with van der Waals surface area (Å²) in [6.07, 6.45) is -0.236. The highest BCUT2D eigenvalue weighted by atomic mass is 35.5. The maximum absolute atomic E-state index is 13.0. The second kappa shape index (κ2) is 6.52. The molecule has 4 nitrogen and oxygen atoms in total. The van der Waals surface area contributed by atoms with E-state index in [0.29, 0.717) is 18.7 Å². The van der Waals surface area contributed by atoms with Gasteiger partial charge in [-0.05, 0) is 24.6 Å². The van der Waals surface area contributed by atoms with Crippen molar-refractivity contribution in [1.29, 1.82) is 0 Å². The topological polar surface area (TPSA) is 49.8 Å². The van der Waals surface area contributed by atoms with E-state index < -0.39 is 5.82 Å². The summed E-state index contributed by atoms with van der Waals surface area (Å²) in [6, 6.07) is 3.95. The molecule has 0 bridgehead atoms. The molecule has 2 rings (SSSR count). The minimum atomic E-state index is -0.425. The number of hydrogen-bond donors (Lipinski definition) is 1. The number of aliphatic hydroxyl groups excluding tert-OH is 1. The average Bonchev–Trinajstić information content (AvgIpc) is 2.42. The first-order chi connectivity index (χ1) is 9.51. The lowest BCUT2D eigenvalue weighted by atomic mass is 10.1. The van der Waals surface area contributed by atoms with Crippen molar-refractivity contribution in [2.75, 3.05) is 19.8 Å². The predicted octanol–water partition coefficient (Wildman–Crippen LogP) is 1.63. The molecule has 110 valence electrons. The van der Waals surface area contributed by atoms with Gasteiger partial charge in [-0.15, -0.1) is 0 Å². The fourth-order valence-corrected chi connectivity index (χ4v) is 2.44. The highest BCUT2D eigenvalue weighted by Crippen LogP contribution is 2.20. The van der Waals surface area contributed by atoms with Crippen LogP contribution in [0.3, 0.4) is 0 Å². The SMILES string of the molecule is C[C@@H]1CO[C@H](CO)CN1C(=O)Cc1ccc(F)cc1Cl. The Morgan fingerprint density at radius 2 is 2.35 bits per heavy atom. The molecule has 6 heteroatoms. The van der Waals surface area contributed by atoms with E-state index in [1.807, 2.05) is 6.92 Å². The van der Waals surface area contributed by atoms with Crippen molar-refractivity contribution in [2.45, 2.75) is 25.5 Å². The quantitative estimate of drug-likeness (QED) is 0.923. The number of carbonyl (C=O) groups excluding carboxylic acids is 1. The summed E-state index contributed by atoms with van der Waals surface area (Å²) < 4.78 is 18.4. The first-order valence-electron chi connectivity index (χ1n) is 6.47. The smallest absolute Gasteiger partial charge is 0.227 e. The molecule has 0 aliphatic carbocycles. The molecule has 0 spiro atoms. The van der Waals surface area contributed by atoms with Gasteiger partial charge in [0.25, 0.3) is 0 Å². The molecule has 1 aliphatic rings. The van der Waals surface area contributed by atoms with Crippen LogP contribution in [0, 0.1) is 5.82 Å². The molecular formula is C14H17ClFNO3.